The van der Waals surface area contributed by atoms with Crippen molar-refractivity contribution in [2.24, 2.45) is 0 Å². The number of nitrogens with zero attached hydrogens (tertiary/aromatic N) is 3. The summed E-state index contributed by atoms with van der Waals surface area (Å²) in [4.78, 5) is 14.4. The van der Waals surface area contributed by atoms with Crippen LogP contribution in [0.15, 0.2) is 18.2 Å². The average Bonchev–Trinajstić information content (AvgIpc) is 3.06. The molecule has 1 saturated carbocycles. The van der Waals surface area contributed by atoms with Crippen molar-refractivity contribution in [3.05, 3.63) is 29.3 Å². The normalized spacial score (nSPS) is 15.0. The Labute approximate surface area is 152 Å². The van der Waals surface area contributed by atoms with Gasteiger partial charge in [0.15, 0.2) is 0 Å². The minimum Gasteiger partial charge on any atom is -0.347 e. The molecule has 6 nitrogen and oxygen atoms in total. The third-order valence-corrected chi connectivity index (χ3v) is 5.63. The molecular formula is C18H25N5OS. The molecule has 2 N–H and O–H groups in total. The first-order valence-electron chi connectivity index (χ1n) is 8.74. The van der Waals surface area contributed by atoms with Crippen LogP contribution in [-0.2, 0) is 0 Å². The van der Waals surface area contributed by atoms with Crippen molar-refractivity contribution in [2.75, 3.05) is 22.6 Å². The van der Waals surface area contributed by atoms with Gasteiger partial charge in [-0.3, -0.25) is 5.32 Å². The summed E-state index contributed by atoms with van der Waals surface area (Å²) < 4.78 is 0. The fourth-order valence-electron chi connectivity index (χ4n) is 3.15. The lowest BCUT2D eigenvalue weighted by molar-refractivity contribution is 0.262. The highest BCUT2D eigenvalue weighted by molar-refractivity contribution is 7.19. The Hall–Kier alpha value is -2.15. The summed E-state index contributed by atoms with van der Waals surface area (Å²) in [5.41, 5.74) is 2.94. The van der Waals surface area contributed by atoms with E-state index in [1.54, 1.807) is 0 Å². The van der Waals surface area contributed by atoms with E-state index >= 15 is 0 Å². The molecule has 1 heterocycles. The van der Waals surface area contributed by atoms with E-state index in [1.807, 2.05) is 32.0 Å². The highest BCUT2D eigenvalue weighted by Crippen LogP contribution is 2.29. The van der Waals surface area contributed by atoms with Crippen molar-refractivity contribution < 1.29 is 4.79 Å². The van der Waals surface area contributed by atoms with Gasteiger partial charge in [0.2, 0.25) is 10.3 Å². The van der Waals surface area contributed by atoms with Gasteiger partial charge in [0.25, 0.3) is 0 Å². The van der Waals surface area contributed by atoms with Crippen LogP contribution in [0.2, 0.25) is 0 Å². The van der Waals surface area contributed by atoms with E-state index in [0.717, 1.165) is 21.9 Å². The zero-order valence-electron chi connectivity index (χ0n) is 15.0. The summed E-state index contributed by atoms with van der Waals surface area (Å²) >= 11 is 1.41. The third kappa shape index (κ3) is 4.48. The van der Waals surface area contributed by atoms with Crippen LogP contribution in [-0.4, -0.2) is 29.3 Å². The number of aromatic nitrogens is 2. The van der Waals surface area contributed by atoms with E-state index in [2.05, 4.69) is 32.8 Å². The van der Waals surface area contributed by atoms with Crippen LogP contribution in [0.25, 0.3) is 0 Å². The Morgan fingerprint density at radius 3 is 2.68 bits per heavy atom. The van der Waals surface area contributed by atoms with Gasteiger partial charge >= 0.3 is 6.03 Å². The summed E-state index contributed by atoms with van der Waals surface area (Å²) in [5, 5.41) is 15.4. The van der Waals surface area contributed by atoms with Gasteiger partial charge in [-0.2, -0.15) is 0 Å². The quantitative estimate of drug-likeness (QED) is 0.839. The van der Waals surface area contributed by atoms with Crippen LogP contribution in [0.1, 0.15) is 43.2 Å². The summed E-state index contributed by atoms with van der Waals surface area (Å²) in [7, 11) is 2.07. The minimum absolute atomic E-state index is 0.295. The van der Waals surface area contributed by atoms with Gasteiger partial charge in [0.1, 0.15) is 0 Å². The molecule has 0 saturated heterocycles. The highest BCUT2D eigenvalue weighted by Gasteiger charge is 2.21. The standard InChI is InChI=1S/C18H25N5OS/c1-12-9-10-13(2)15(11-12)19-16(24)20-17-21-22-18(25-17)23(3)14-7-5-4-6-8-14/h9-11,14H,4-8H2,1-3H3,(H2,19,20,21,24). The second-order valence-electron chi connectivity index (χ2n) is 6.69. The minimum atomic E-state index is -0.295. The fourth-order valence-corrected chi connectivity index (χ4v) is 3.93. The zero-order valence-corrected chi connectivity index (χ0v) is 15.8. The lowest BCUT2D eigenvalue weighted by Gasteiger charge is -2.30. The van der Waals surface area contributed by atoms with E-state index < -0.39 is 0 Å². The van der Waals surface area contributed by atoms with Crippen molar-refractivity contribution in [1.82, 2.24) is 10.2 Å². The summed E-state index contributed by atoms with van der Waals surface area (Å²) in [6.45, 7) is 3.97. The van der Waals surface area contributed by atoms with E-state index in [1.165, 1.54) is 43.4 Å². The van der Waals surface area contributed by atoms with Gasteiger partial charge in [0, 0.05) is 18.8 Å². The number of carbonyl (C=O) groups excluding carboxylic acids is 1. The molecule has 1 aromatic carbocycles. The van der Waals surface area contributed by atoms with E-state index in [0.29, 0.717) is 11.2 Å². The Kier molecular flexibility index (Phi) is 5.53. The summed E-state index contributed by atoms with van der Waals surface area (Å²) in [5.74, 6) is 0. The first-order valence-corrected chi connectivity index (χ1v) is 9.56. The predicted molar refractivity (Wildman–Crippen MR) is 104 cm³/mol. The van der Waals surface area contributed by atoms with Crippen LogP contribution in [0.5, 0.6) is 0 Å². The third-order valence-electron chi connectivity index (χ3n) is 4.70. The fraction of sp³-hybridized carbons (Fsp3) is 0.500. The van der Waals surface area contributed by atoms with Crippen molar-refractivity contribution in [3.8, 4) is 0 Å². The maximum Gasteiger partial charge on any atom is 0.325 e. The number of aryl methyl sites for hydroxylation is 2. The number of carbonyl (C=O) groups is 1. The molecule has 0 spiro atoms. The van der Waals surface area contributed by atoms with E-state index in [-0.39, 0.29) is 6.03 Å². The summed E-state index contributed by atoms with van der Waals surface area (Å²) in [6.07, 6.45) is 6.28. The topological polar surface area (TPSA) is 70.1 Å². The van der Waals surface area contributed by atoms with Crippen LogP contribution < -0.4 is 15.5 Å². The van der Waals surface area contributed by atoms with Gasteiger partial charge in [-0.05, 0) is 43.9 Å². The first-order chi connectivity index (χ1) is 12.0. The van der Waals surface area contributed by atoms with E-state index in [9.17, 15) is 4.79 Å². The predicted octanol–water partition coefficient (Wildman–Crippen LogP) is 4.57. The number of anilines is 3. The number of benzene rings is 1. The van der Waals surface area contributed by atoms with Crippen LogP contribution in [0.4, 0.5) is 20.7 Å². The van der Waals surface area contributed by atoms with Crippen molar-refractivity contribution in [1.29, 1.82) is 0 Å². The number of rotatable bonds is 4. The molecule has 0 bridgehead atoms. The number of nitrogens with one attached hydrogen (secondary N) is 2. The molecule has 0 radical (unpaired) electrons. The molecule has 2 amide bonds. The average molecular weight is 359 g/mol. The Morgan fingerprint density at radius 2 is 1.92 bits per heavy atom. The van der Waals surface area contributed by atoms with Crippen molar-refractivity contribution in [3.63, 3.8) is 0 Å². The molecule has 0 aliphatic heterocycles. The van der Waals surface area contributed by atoms with Crippen LogP contribution in [0, 0.1) is 13.8 Å². The molecule has 2 aromatic rings. The maximum absolute atomic E-state index is 12.2. The Bertz CT molecular complexity index is 739. The molecule has 1 aromatic heterocycles. The van der Waals surface area contributed by atoms with Gasteiger partial charge in [-0.15, -0.1) is 10.2 Å². The number of hydrogen-bond acceptors (Lipinski definition) is 5. The molecular weight excluding hydrogens is 334 g/mol. The zero-order chi connectivity index (χ0) is 17.8. The highest BCUT2D eigenvalue weighted by atomic mass is 32.1. The van der Waals surface area contributed by atoms with Gasteiger partial charge in [-0.25, -0.2) is 4.79 Å². The van der Waals surface area contributed by atoms with E-state index in [4.69, 9.17) is 0 Å². The smallest absolute Gasteiger partial charge is 0.325 e. The first kappa shape index (κ1) is 17.7. The monoisotopic (exact) mass is 359 g/mol. The molecule has 0 atom stereocenters. The molecule has 1 fully saturated rings. The second-order valence-corrected chi connectivity index (χ2v) is 7.65. The largest absolute Gasteiger partial charge is 0.347 e. The second kappa shape index (κ2) is 7.82. The number of urea groups is 1. The van der Waals surface area contributed by atoms with Crippen LogP contribution >= 0.6 is 11.3 Å². The maximum atomic E-state index is 12.2. The van der Waals surface area contributed by atoms with Gasteiger partial charge < -0.3 is 10.2 Å². The van der Waals surface area contributed by atoms with Crippen molar-refractivity contribution >= 4 is 33.3 Å². The molecule has 1 aliphatic carbocycles. The molecule has 1 aliphatic rings. The Morgan fingerprint density at radius 1 is 1.16 bits per heavy atom. The molecule has 25 heavy (non-hydrogen) atoms. The number of hydrogen-bond donors (Lipinski definition) is 2. The van der Waals surface area contributed by atoms with Gasteiger partial charge in [-0.1, -0.05) is 42.7 Å². The lowest BCUT2D eigenvalue weighted by atomic mass is 9.95. The molecule has 7 heteroatoms. The molecule has 134 valence electrons. The molecule has 3 rings (SSSR count). The SMILES string of the molecule is Cc1ccc(C)c(NC(=O)Nc2nnc(N(C)C3CCCCC3)s2)c1. The lowest BCUT2D eigenvalue weighted by Crippen LogP contribution is -2.33. The van der Waals surface area contributed by atoms with Crippen LogP contribution in [0.3, 0.4) is 0 Å². The summed E-state index contributed by atoms with van der Waals surface area (Å²) in [6, 6.07) is 6.20. The number of amides is 2. The van der Waals surface area contributed by atoms with Gasteiger partial charge in [0.05, 0.1) is 0 Å². The van der Waals surface area contributed by atoms with Crippen molar-refractivity contribution in [2.45, 2.75) is 52.0 Å². The molecule has 0 unspecified atom stereocenters. The Balaban J connectivity index is 1.60.